The maximum Gasteiger partial charge on any atom is 0.257 e. The Morgan fingerprint density at radius 1 is 1.10 bits per heavy atom. The average Bonchev–Trinajstić information content (AvgIpc) is 3.01. The quantitative estimate of drug-likeness (QED) is 0.691. The van der Waals surface area contributed by atoms with E-state index in [1.165, 1.54) is 4.57 Å². The van der Waals surface area contributed by atoms with Crippen molar-refractivity contribution in [3.63, 3.8) is 0 Å². The summed E-state index contributed by atoms with van der Waals surface area (Å²) >= 11 is 1.09. The third kappa shape index (κ3) is 3.10. The molecule has 0 aliphatic carbocycles. The number of aromatic nitrogens is 1. The zero-order valence-electron chi connectivity index (χ0n) is 15.2. The minimum atomic E-state index is -0.699. The van der Waals surface area contributed by atoms with Gasteiger partial charge in [0.2, 0.25) is 5.91 Å². The number of hydrogen-bond donors (Lipinski definition) is 2. The second-order valence-electron chi connectivity index (χ2n) is 6.47. The molecule has 0 fully saturated rings. The topological polar surface area (TPSA) is 115 Å². The van der Waals surface area contributed by atoms with Crippen LogP contribution in [0, 0.1) is 11.3 Å². The maximum absolute atomic E-state index is 13.3. The standard InChI is InChI=1S/C22H16N4O2S/c23-12-16-17(24)15(11-13-7-3-1-4-8-13)18-20(21(25)27)29-19(22(28)26(16)18)14-9-5-2-6-10-14/h1-11,19H,24H2,(H2,25,27)/b15-11+/t19-/m1/s1. The van der Waals surface area contributed by atoms with E-state index >= 15 is 0 Å². The van der Waals surface area contributed by atoms with Crippen molar-refractivity contribution in [1.29, 1.82) is 5.26 Å². The van der Waals surface area contributed by atoms with Gasteiger partial charge in [-0.15, -0.1) is 0 Å². The fraction of sp³-hybridized carbons (Fsp3) is 0.0455. The van der Waals surface area contributed by atoms with Crippen molar-refractivity contribution in [2.75, 3.05) is 5.73 Å². The van der Waals surface area contributed by atoms with Crippen LogP contribution in [0.3, 0.4) is 0 Å². The Kier molecular flexibility index (Phi) is 4.71. The lowest BCUT2D eigenvalue weighted by atomic mass is 10.1. The number of nitrogens with two attached hydrogens (primary N) is 2. The van der Waals surface area contributed by atoms with Crippen LogP contribution in [0.15, 0.2) is 60.7 Å². The zero-order valence-corrected chi connectivity index (χ0v) is 16.0. The van der Waals surface area contributed by atoms with Crippen LogP contribution in [0.5, 0.6) is 0 Å². The summed E-state index contributed by atoms with van der Waals surface area (Å²) < 4.78 is 1.23. The van der Waals surface area contributed by atoms with Gasteiger partial charge < -0.3 is 11.5 Å². The van der Waals surface area contributed by atoms with E-state index in [0.717, 1.165) is 22.9 Å². The predicted molar refractivity (Wildman–Crippen MR) is 113 cm³/mol. The van der Waals surface area contributed by atoms with Crippen LogP contribution in [0.25, 0.3) is 11.0 Å². The molecule has 4 rings (SSSR count). The molecule has 1 atom stereocenters. The summed E-state index contributed by atoms with van der Waals surface area (Å²) in [7, 11) is 0. The summed E-state index contributed by atoms with van der Waals surface area (Å²) in [5, 5.41) is 9.72. The van der Waals surface area contributed by atoms with Crippen LogP contribution in [0.1, 0.15) is 26.9 Å². The van der Waals surface area contributed by atoms with E-state index in [9.17, 15) is 14.9 Å². The molecule has 0 radical (unpaired) electrons. The number of amides is 1. The summed E-state index contributed by atoms with van der Waals surface area (Å²) in [6, 6.07) is 20.4. The van der Waals surface area contributed by atoms with Gasteiger partial charge in [-0.25, -0.2) is 0 Å². The lowest BCUT2D eigenvalue weighted by molar-refractivity contribution is -0.112. The Bertz CT molecular complexity index is 1290. The highest BCUT2D eigenvalue weighted by Gasteiger charge is 2.35. The van der Waals surface area contributed by atoms with Crippen molar-refractivity contribution in [3.05, 3.63) is 88.1 Å². The molecule has 0 bridgehead atoms. The molecule has 0 saturated carbocycles. The molecule has 2 aromatic carbocycles. The van der Waals surface area contributed by atoms with Gasteiger partial charge in [0.25, 0.3) is 5.91 Å². The highest BCUT2D eigenvalue weighted by Crippen LogP contribution is 2.38. The molecule has 0 unspecified atom stereocenters. The molecule has 2 heterocycles. The molecule has 1 aliphatic rings. The highest BCUT2D eigenvalue weighted by atomic mass is 32.2. The number of hydrogen-bond acceptors (Lipinski definition) is 5. The molecular formula is C22H16N4O2S. The van der Waals surface area contributed by atoms with Gasteiger partial charge in [-0.05, 0) is 17.2 Å². The van der Waals surface area contributed by atoms with Crippen molar-refractivity contribution in [1.82, 2.24) is 4.57 Å². The van der Waals surface area contributed by atoms with Crippen LogP contribution < -0.4 is 22.0 Å². The number of carbonyl (C=O) groups excluding carboxylic acids is 2. The van der Waals surface area contributed by atoms with Crippen molar-refractivity contribution in [3.8, 4) is 6.07 Å². The van der Waals surface area contributed by atoms with Gasteiger partial charge >= 0.3 is 0 Å². The van der Waals surface area contributed by atoms with E-state index in [-0.39, 0.29) is 27.5 Å². The molecule has 6 nitrogen and oxygen atoms in total. The lowest BCUT2D eigenvalue weighted by Gasteiger charge is -2.22. The zero-order chi connectivity index (χ0) is 20.5. The molecule has 4 N–H and O–H groups in total. The molecule has 1 amide bonds. The highest BCUT2D eigenvalue weighted by molar-refractivity contribution is 8.10. The van der Waals surface area contributed by atoms with Gasteiger partial charge in [-0.3, -0.25) is 14.2 Å². The summed E-state index contributed by atoms with van der Waals surface area (Å²) in [6.45, 7) is 0. The Morgan fingerprint density at radius 2 is 1.72 bits per heavy atom. The van der Waals surface area contributed by atoms with Gasteiger partial charge in [0.15, 0.2) is 5.69 Å². The van der Waals surface area contributed by atoms with Crippen LogP contribution in [-0.2, 0) is 4.79 Å². The molecule has 142 valence electrons. The minimum absolute atomic E-state index is 0.00663. The summed E-state index contributed by atoms with van der Waals surface area (Å²) in [5.41, 5.74) is 13.6. The van der Waals surface area contributed by atoms with Gasteiger partial charge in [-0.1, -0.05) is 72.4 Å². The van der Waals surface area contributed by atoms with E-state index in [4.69, 9.17) is 11.5 Å². The summed E-state index contributed by atoms with van der Waals surface area (Å²) in [5.74, 6) is -1.01. The normalized spacial score (nSPS) is 16.4. The molecule has 7 heteroatoms. The molecule has 0 saturated heterocycles. The van der Waals surface area contributed by atoms with Crippen molar-refractivity contribution in [2.24, 2.45) is 5.73 Å². The van der Waals surface area contributed by atoms with Gasteiger partial charge in [-0.2, -0.15) is 5.26 Å². The Balaban J connectivity index is 2.08. The van der Waals surface area contributed by atoms with Gasteiger partial charge in [0, 0.05) is 5.22 Å². The number of nitriles is 1. The molecule has 1 aliphatic heterocycles. The fourth-order valence-corrected chi connectivity index (χ4v) is 4.54. The number of primary amides is 1. The molecular weight excluding hydrogens is 384 g/mol. The first-order chi connectivity index (χ1) is 14.0. The number of thioether (sulfide) groups is 1. The van der Waals surface area contributed by atoms with Crippen LogP contribution in [0.4, 0.5) is 5.69 Å². The number of nitrogen functional groups attached to an aromatic ring is 1. The second kappa shape index (κ2) is 7.34. The third-order valence-corrected chi connectivity index (χ3v) is 6.03. The number of anilines is 1. The third-order valence-electron chi connectivity index (χ3n) is 4.69. The number of carbonyl (C=O) groups is 2. The predicted octanol–water partition coefficient (Wildman–Crippen LogP) is 1.49. The van der Waals surface area contributed by atoms with E-state index in [1.54, 1.807) is 18.2 Å². The largest absolute Gasteiger partial charge is 0.396 e. The smallest absolute Gasteiger partial charge is 0.257 e. The monoisotopic (exact) mass is 400 g/mol. The number of benzene rings is 2. The van der Waals surface area contributed by atoms with Gasteiger partial charge in [0.1, 0.15) is 11.3 Å². The Hall–Kier alpha value is -3.76. The van der Waals surface area contributed by atoms with Gasteiger partial charge in [0.05, 0.1) is 15.9 Å². The number of rotatable bonds is 3. The first-order valence-electron chi connectivity index (χ1n) is 8.80. The van der Waals surface area contributed by atoms with E-state index in [0.29, 0.717) is 5.22 Å². The van der Waals surface area contributed by atoms with Crippen molar-refractivity contribution < 1.29 is 9.59 Å². The molecule has 3 aromatic rings. The second-order valence-corrected chi connectivity index (χ2v) is 7.58. The Labute approximate surface area is 170 Å². The summed E-state index contributed by atoms with van der Waals surface area (Å²) in [6.07, 6.45) is 1.75. The Morgan fingerprint density at radius 3 is 2.31 bits per heavy atom. The minimum Gasteiger partial charge on any atom is -0.396 e. The van der Waals surface area contributed by atoms with Crippen LogP contribution >= 0.6 is 11.8 Å². The first-order valence-corrected chi connectivity index (χ1v) is 9.68. The van der Waals surface area contributed by atoms with Crippen molar-refractivity contribution >= 4 is 40.2 Å². The van der Waals surface area contributed by atoms with Crippen molar-refractivity contribution in [2.45, 2.75) is 5.25 Å². The fourth-order valence-electron chi connectivity index (χ4n) is 3.38. The molecule has 29 heavy (non-hydrogen) atoms. The van der Waals surface area contributed by atoms with E-state index in [1.807, 2.05) is 54.6 Å². The first kappa shape index (κ1) is 18.6. The SMILES string of the molecule is N#Cc1c(N)/c(=C\c2ccccc2)c2n1C(=O)[C@@H](c1ccccc1)SC=2C(N)=O. The summed E-state index contributed by atoms with van der Waals surface area (Å²) in [4.78, 5) is 25.9. The number of nitrogens with zero attached hydrogens (tertiary/aromatic N) is 2. The van der Waals surface area contributed by atoms with Crippen LogP contribution in [0.2, 0.25) is 0 Å². The van der Waals surface area contributed by atoms with E-state index in [2.05, 4.69) is 0 Å². The average molecular weight is 400 g/mol. The number of fused-ring (bicyclic) bond motifs is 1. The van der Waals surface area contributed by atoms with E-state index < -0.39 is 11.2 Å². The molecule has 0 spiro atoms. The maximum atomic E-state index is 13.3. The van der Waals surface area contributed by atoms with Crippen LogP contribution in [-0.4, -0.2) is 16.4 Å². The lowest BCUT2D eigenvalue weighted by Crippen LogP contribution is -2.43. The molecule has 1 aromatic heterocycles.